The van der Waals surface area contributed by atoms with Gasteiger partial charge in [-0.1, -0.05) is 12.1 Å². The van der Waals surface area contributed by atoms with E-state index >= 15 is 0 Å². The number of hydrogen-bond donors (Lipinski definition) is 3. The first-order valence-corrected chi connectivity index (χ1v) is 7.91. The smallest absolute Gasteiger partial charge is 0.270 e. The van der Waals surface area contributed by atoms with Gasteiger partial charge in [0.15, 0.2) is 5.11 Å². The van der Waals surface area contributed by atoms with Crippen molar-refractivity contribution >= 4 is 39.2 Å². The van der Waals surface area contributed by atoms with E-state index in [1.165, 1.54) is 0 Å². The van der Waals surface area contributed by atoms with E-state index in [4.69, 9.17) is 17.0 Å². The molecule has 0 aromatic heterocycles. The average Bonchev–Trinajstić information content (AvgIpc) is 2.44. The van der Waals surface area contributed by atoms with Gasteiger partial charge in [-0.05, 0) is 60.5 Å². The maximum Gasteiger partial charge on any atom is 0.270 e. The molecule has 1 aromatic carbocycles. The van der Waals surface area contributed by atoms with Crippen LogP contribution >= 0.6 is 28.1 Å². The molecule has 0 unspecified atom stereocenters. The molecular weight excluding hydrogens is 354 g/mol. The van der Waals surface area contributed by atoms with E-state index in [1.54, 1.807) is 18.2 Å². The fourth-order valence-corrected chi connectivity index (χ4v) is 2.08. The SMILES string of the molecule is CC(C)OCCCNC(=S)NNC(=O)c1ccccc1Br. The summed E-state index contributed by atoms with van der Waals surface area (Å²) in [5.41, 5.74) is 5.75. The van der Waals surface area contributed by atoms with Gasteiger partial charge in [0.2, 0.25) is 0 Å². The molecule has 0 aliphatic heterocycles. The minimum absolute atomic E-state index is 0.235. The highest BCUT2D eigenvalue weighted by Crippen LogP contribution is 2.14. The molecule has 5 nitrogen and oxygen atoms in total. The Hall–Kier alpha value is -1.18. The second-order valence-electron chi connectivity index (χ2n) is 4.59. The van der Waals surface area contributed by atoms with E-state index in [0.717, 1.165) is 10.9 Å². The lowest BCUT2D eigenvalue weighted by Crippen LogP contribution is -2.47. The van der Waals surface area contributed by atoms with Crippen molar-refractivity contribution in [2.75, 3.05) is 13.2 Å². The molecule has 1 aromatic rings. The Morgan fingerprint density at radius 3 is 2.71 bits per heavy atom. The van der Waals surface area contributed by atoms with Crippen LogP contribution in [0.15, 0.2) is 28.7 Å². The highest BCUT2D eigenvalue weighted by molar-refractivity contribution is 9.10. The molecule has 1 rings (SSSR count). The first-order valence-electron chi connectivity index (χ1n) is 6.71. The maximum absolute atomic E-state index is 11.9. The number of hydrogen-bond acceptors (Lipinski definition) is 3. The molecule has 0 saturated carbocycles. The molecule has 0 atom stereocenters. The number of amides is 1. The summed E-state index contributed by atoms with van der Waals surface area (Å²) in [4.78, 5) is 11.9. The Kier molecular flexibility index (Phi) is 8.26. The van der Waals surface area contributed by atoms with Crippen LogP contribution < -0.4 is 16.2 Å². The van der Waals surface area contributed by atoms with E-state index < -0.39 is 0 Å². The van der Waals surface area contributed by atoms with Gasteiger partial charge in [0, 0.05) is 17.6 Å². The van der Waals surface area contributed by atoms with Crippen LogP contribution in [0, 0.1) is 0 Å². The van der Waals surface area contributed by atoms with Crippen molar-refractivity contribution in [2.45, 2.75) is 26.4 Å². The number of halogens is 1. The van der Waals surface area contributed by atoms with Crippen LogP contribution in [0.3, 0.4) is 0 Å². The van der Waals surface area contributed by atoms with E-state index in [1.807, 2.05) is 19.9 Å². The number of carbonyl (C=O) groups is 1. The molecule has 0 radical (unpaired) electrons. The molecule has 0 bridgehead atoms. The lowest BCUT2D eigenvalue weighted by Gasteiger charge is -2.12. The zero-order valence-electron chi connectivity index (χ0n) is 12.1. The molecule has 21 heavy (non-hydrogen) atoms. The fraction of sp³-hybridized carbons (Fsp3) is 0.429. The third kappa shape index (κ3) is 7.40. The second kappa shape index (κ2) is 9.70. The number of thiocarbonyl (C=S) groups is 1. The third-order valence-electron chi connectivity index (χ3n) is 2.47. The number of carbonyl (C=O) groups excluding carboxylic acids is 1. The molecular formula is C14H20BrN3O2S. The number of hydrazine groups is 1. The minimum atomic E-state index is -0.255. The molecule has 116 valence electrons. The Bertz CT molecular complexity index is 483. The Balaban J connectivity index is 2.21. The molecule has 0 aliphatic carbocycles. The predicted molar refractivity (Wildman–Crippen MR) is 91.0 cm³/mol. The molecule has 7 heteroatoms. The van der Waals surface area contributed by atoms with Gasteiger partial charge in [-0.2, -0.15) is 0 Å². The quantitative estimate of drug-likeness (QED) is 0.406. The number of benzene rings is 1. The summed E-state index contributed by atoms with van der Waals surface area (Å²) < 4.78 is 6.14. The van der Waals surface area contributed by atoms with Crippen molar-refractivity contribution < 1.29 is 9.53 Å². The maximum atomic E-state index is 11.9. The molecule has 0 heterocycles. The van der Waals surface area contributed by atoms with Crippen molar-refractivity contribution in [1.82, 2.24) is 16.2 Å². The fourth-order valence-electron chi connectivity index (χ4n) is 1.46. The van der Waals surface area contributed by atoms with Crippen LogP contribution in [0.5, 0.6) is 0 Å². The van der Waals surface area contributed by atoms with Crippen LogP contribution in [0.2, 0.25) is 0 Å². The van der Waals surface area contributed by atoms with Crippen LogP contribution in [-0.2, 0) is 4.74 Å². The van der Waals surface area contributed by atoms with Crippen molar-refractivity contribution in [1.29, 1.82) is 0 Å². The second-order valence-corrected chi connectivity index (χ2v) is 5.85. The largest absolute Gasteiger partial charge is 0.379 e. The topological polar surface area (TPSA) is 62.4 Å². The highest BCUT2D eigenvalue weighted by atomic mass is 79.9. The minimum Gasteiger partial charge on any atom is -0.379 e. The normalized spacial score (nSPS) is 10.3. The van der Waals surface area contributed by atoms with Gasteiger partial charge in [0.25, 0.3) is 5.91 Å². The Morgan fingerprint density at radius 1 is 1.33 bits per heavy atom. The summed E-state index contributed by atoms with van der Waals surface area (Å²) in [7, 11) is 0. The summed E-state index contributed by atoms with van der Waals surface area (Å²) in [5, 5.41) is 3.37. The van der Waals surface area contributed by atoms with Crippen LogP contribution in [0.25, 0.3) is 0 Å². The molecule has 0 spiro atoms. The number of rotatable bonds is 6. The van der Waals surface area contributed by atoms with Gasteiger partial charge in [0.05, 0.1) is 11.7 Å². The summed E-state index contributed by atoms with van der Waals surface area (Å²) in [6, 6.07) is 7.17. The van der Waals surface area contributed by atoms with Crippen LogP contribution in [0.1, 0.15) is 30.6 Å². The van der Waals surface area contributed by atoms with Gasteiger partial charge in [-0.3, -0.25) is 15.6 Å². The lowest BCUT2D eigenvalue weighted by molar-refractivity contribution is 0.0776. The van der Waals surface area contributed by atoms with Gasteiger partial charge in [-0.25, -0.2) is 0 Å². The van der Waals surface area contributed by atoms with Crippen LogP contribution in [0.4, 0.5) is 0 Å². The van der Waals surface area contributed by atoms with Crippen molar-refractivity contribution in [3.05, 3.63) is 34.3 Å². The summed E-state index contributed by atoms with van der Waals surface area (Å²) in [6.07, 6.45) is 1.08. The average molecular weight is 374 g/mol. The number of nitrogens with one attached hydrogen (secondary N) is 3. The monoisotopic (exact) mass is 373 g/mol. The summed E-state index contributed by atoms with van der Waals surface area (Å²) in [5.74, 6) is -0.255. The van der Waals surface area contributed by atoms with Crippen LogP contribution in [-0.4, -0.2) is 30.3 Å². The molecule has 0 saturated heterocycles. The van der Waals surface area contributed by atoms with Crippen molar-refractivity contribution in [3.63, 3.8) is 0 Å². The van der Waals surface area contributed by atoms with Gasteiger partial charge < -0.3 is 10.1 Å². The standard InChI is InChI=1S/C14H20BrN3O2S/c1-10(2)20-9-5-8-16-14(21)18-17-13(19)11-6-3-4-7-12(11)15/h3-4,6-7,10H,5,8-9H2,1-2H3,(H,17,19)(H2,16,18,21). The van der Waals surface area contributed by atoms with E-state index in [9.17, 15) is 4.79 Å². The zero-order chi connectivity index (χ0) is 15.7. The Labute approximate surface area is 138 Å². The highest BCUT2D eigenvalue weighted by Gasteiger charge is 2.08. The lowest BCUT2D eigenvalue weighted by atomic mass is 10.2. The van der Waals surface area contributed by atoms with Gasteiger partial charge in [0.1, 0.15) is 0 Å². The first kappa shape index (κ1) is 17.9. The van der Waals surface area contributed by atoms with Gasteiger partial charge in [-0.15, -0.1) is 0 Å². The van der Waals surface area contributed by atoms with E-state index in [2.05, 4.69) is 32.1 Å². The molecule has 3 N–H and O–H groups in total. The first-order chi connectivity index (χ1) is 10.0. The number of ether oxygens (including phenoxy) is 1. The molecule has 0 aliphatic rings. The zero-order valence-corrected chi connectivity index (χ0v) is 14.5. The van der Waals surface area contributed by atoms with Gasteiger partial charge >= 0.3 is 0 Å². The summed E-state index contributed by atoms with van der Waals surface area (Å²) >= 11 is 8.39. The van der Waals surface area contributed by atoms with Crippen molar-refractivity contribution in [2.24, 2.45) is 0 Å². The summed E-state index contributed by atoms with van der Waals surface area (Å²) in [6.45, 7) is 5.35. The third-order valence-corrected chi connectivity index (χ3v) is 3.40. The van der Waals surface area contributed by atoms with E-state index in [0.29, 0.717) is 23.8 Å². The Morgan fingerprint density at radius 2 is 2.05 bits per heavy atom. The predicted octanol–water partition coefficient (Wildman–Crippen LogP) is 2.37. The molecule has 0 fully saturated rings. The van der Waals surface area contributed by atoms with Crippen molar-refractivity contribution in [3.8, 4) is 0 Å². The van der Waals surface area contributed by atoms with E-state index in [-0.39, 0.29) is 12.0 Å². The molecule has 1 amide bonds.